The molecule has 4 rings (SSSR count). The molecule has 0 aliphatic carbocycles. The van der Waals surface area contributed by atoms with Crippen LogP contribution in [0.2, 0.25) is 0 Å². The average Bonchev–Trinajstić information content (AvgIpc) is 3.06. The quantitative estimate of drug-likeness (QED) is 0.0792. The topological polar surface area (TPSA) is 114 Å². The summed E-state index contributed by atoms with van der Waals surface area (Å²) in [6.45, 7) is 13.0. The van der Waals surface area contributed by atoms with Gasteiger partial charge in [0.25, 0.3) is 5.69 Å². The summed E-state index contributed by atoms with van der Waals surface area (Å²) < 4.78 is 12.0. The van der Waals surface area contributed by atoms with Gasteiger partial charge in [0.1, 0.15) is 6.61 Å². The minimum absolute atomic E-state index is 0.0388. The number of anilines is 1. The minimum atomic E-state index is -0.603. The van der Waals surface area contributed by atoms with Crippen LogP contribution in [0.4, 0.5) is 11.4 Å². The first-order valence-electron chi connectivity index (χ1n) is 15.5. The highest BCUT2D eigenvalue weighted by molar-refractivity contribution is 7.37. The Balaban J connectivity index is 0.00000282. The van der Waals surface area contributed by atoms with E-state index in [4.69, 9.17) is 9.26 Å². The fourth-order valence-corrected chi connectivity index (χ4v) is 6.24. The molecule has 46 heavy (non-hydrogen) atoms. The van der Waals surface area contributed by atoms with Crippen molar-refractivity contribution in [3.63, 3.8) is 0 Å². The Bertz CT molecular complexity index is 1510. The van der Waals surface area contributed by atoms with Crippen molar-refractivity contribution in [3.05, 3.63) is 128 Å². The third kappa shape index (κ3) is 9.98. The number of carbonyl (C=O) groups is 1. The van der Waals surface area contributed by atoms with Crippen molar-refractivity contribution in [1.82, 2.24) is 5.32 Å². The number of nitro benzene ring substituents is 1. The Kier molecular flexibility index (Phi) is 13.9. The summed E-state index contributed by atoms with van der Waals surface area (Å²) in [4.78, 5) is 27.2. The number of benzene rings is 3. The van der Waals surface area contributed by atoms with Crippen molar-refractivity contribution in [2.75, 3.05) is 31.3 Å². The highest BCUT2D eigenvalue weighted by Crippen LogP contribution is 2.48. The molecule has 0 bridgehead atoms. The number of allylic oxidation sites excluding steroid dienone is 3. The second-order valence-electron chi connectivity index (χ2n) is 11.6. The van der Waals surface area contributed by atoms with Crippen molar-refractivity contribution in [3.8, 4) is 0 Å². The van der Waals surface area contributed by atoms with E-state index in [1.807, 2.05) is 90.1 Å². The molecular formula is C36H46N3O6P. The van der Waals surface area contributed by atoms with E-state index in [0.29, 0.717) is 36.5 Å². The Morgan fingerprint density at radius 3 is 2.28 bits per heavy atom. The van der Waals surface area contributed by atoms with E-state index in [2.05, 4.69) is 22.3 Å². The van der Waals surface area contributed by atoms with Gasteiger partial charge >= 0.3 is 5.97 Å². The molecule has 2 N–H and O–H groups in total. The zero-order valence-corrected chi connectivity index (χ0v) is 28.6. The number of rotatable bonds is 14. The number of hydrogen-bond donors (Lipinski definition) is 2. The molecule has 0 aromatic heterocycles. The first kappa shape index (κ1) is 36.4. The van der Waals surface area contributed by atoms with E-state index >= 15 is 0 Å². The molecular weight excluding hydrogens is 601 g/mol. The lowest BCUT2D eigenvalue weighted by molar-refractivity contribution is -0.384. The van der Waals surface area contributed by atoms with Gasteiger partial charge in [-0.1, -0.05) is 88.4 Å². The van der Waals surface area contributed by atoms with Crippen molar-refractivity contribution < 1.29 is 24.1 Å². The van der Waals surface area contributed by atoms with Gasteiger partial charge in [0, 0.05) is 61.2 Å². The molecule has 3 aromatic rings. The number of nitrogens with one attached hydrogen (secondary N) is 1. The molecule has 246 valence electrons. The van der Waals surface area contributed by atoms with Crippen LogP contribution in [0.1, 0.15) is 58.6 Å². The van der Waals surface area contributed by atoms with Crippen LogP contribution in [0, 0.1) is 15.5 Å². The molecule has 0 saturated heterocycles. The van der Waals surface area contributed by atoms with E-state index in [1.165, 1.54) is 12.1 Å². The summed E-state index contributed by atoms with van der Waals surface area (Å²) in [6.07, 6.45) is 0. The van der Waals surface area contributed by atoms with Crippen LogP contribution in [0.3, 0.4) is 0 Å². The van der Waals surface area contributed by atoms with Gasteiger partial charge in [0.05, 0.1) is 30.3 Å². The summed E-state index contributed by atoms with van der Waals surface area (Å²) in [5.74, 6) is -1.10. The molecule has 0 fully saturated rings. The summed E-state index contributed by atoms with van der Waals surface area (Å²) in [5, 5.41) is 25.4. The standard InChI is InChI=1S/C34H40N3O6P.C2H6/c1-24-30(33(39)42-19-18-36(28-15-9-6-10-16-28)21-26-12-7-5-8-13-26)31(27-14-11-17-29(20-27)37(40)41)32(25(2)35-24)44-43-23-34(3,4)22-38;1-2/h5-17,20,31,35,38,44H,18-19,21-23H2,1-4H3;1-2H3. The predicted molar refractivity (Wildman–Crippen MR) is 186 cm³/mol. The van der Waals surface area contributed by atoms with E-state index in [1.54, 1.807) is 12.1 Å². The maximum absolute atomic E-state index is 13.9. The fraction of sp³-hybridized carbons (Fsp3) is 0.361. The molecule has 1 heterocycles. The van der Waals surface area contributed by atoms with E-state index in [0.717, 1.165) is 22.3 Å². The lowest BCUT2D eigenvalue weighted by atomic mass is 9.86. The Morgan fingerprint density at radius 2 is 1.65 bits per heavy atom. The molecule has 0 amide bonds. The number of para-hydroxylation sites is 1. The highest BCUT2D eigenvalue weighted by atomic mass is 31.1. The third-order valence-corrected chi connectivity index (χ3v) is 8.57. The summed E-state index contributed by atoms with van der Waals surface area (Å²) in [6, 6.07) is 26.4. The maximum Gasteiger partial charge on any atom is 0.336 e. The molecule has 0 spiro atoms. The number of esters is 1. The largest absolute Gasteiger partial charge is 0.460 e. The van der Waals surface area contributed by atoms with Crippen LogP contribution >= 0.6 is 8.81 Å². The number of aliphatic hydroxyl groups excluding tert-OH is 1. The summed E-state index contributed by atoms with van der Waals surface area (Å²) in [5.41, 5.74) is 4.08. The van der Waals surface area contributed by atoms with Crippen LogP contribution in [0.5, 0.6) is 0 Å². The van der Waals surface area contributed by atoms with Gasteiger partial charge < -0.3 is 24.6 Å². The van der Waals surface area contributed by atoms with Crippen LogP contribution < -0.4 is 10.2 Å². The van der Waals surface area contributed by atoms with Gasteiger partial charge in [-0.25, -0.2) is 4.79 Å². The number of nitrogens with zero attached hydrogens (tertiary/aromatic N) is 2. The second kappa shape index (κ2) is 17.6. The number of hydrogen-bond acceptors (Lipinski definition) is 8. The molecule has 9 nitrogen and oxygen atoms in total. The molecule has 1 aliphatic heterocycles. The molecule has 10 heteroatoms. The van der Waals surface area contributed by atoms with E-state index in [9.17, 15) is 20.0 Å². The number of dihydropyridines is 1. The monoisotopic (exact) mass is 647 g/mol. The van der Waals surface area contributed by atoms with Crippen molar-refractivity contribution in [2.24, 2.45) is 5.41 Å². The molecule has 2 atom stereocenters. The van der Waals surface area contributed by atoms with Crippen molar-refractivity contribution in [2.45, 2.75) is 54.0 Å². The molecule has 0 radical (unpaired) electrons. The maximum atomic E-state index is 13.9. The van der Waals surface area contributed by atoms with Crippen molar-refractivity contribution >= 4 is 26.2 Å². The predicted octanol–water partition coefficient (Wildman–Crippen LogP) is 7.69. The lowest BCUT2D eigenvalue weighted by Crippen LogP contribution is -2.31. The molecule has 2 unspecified atom stereocenters. The first-order chi connectivity index (χ1) is 22.1. The van der Waals surface area contributed by atoms with Gasteiger partial charge in [-0.05, 0) is 37.1 Å². The molecule has 3 aromatic carbocycles. The number of carbonyl (C=O) groups excluding carboxylic acids is 1. The highest BCUT2D eigenvalue weighted by Gasteiger charge is 2.35. The summed E-state index contributed by atoms with van der Waals surface area (Å²) in [7, 11) is -0.147. The van der Waals surface area contributed by atoms with Crippen LogP contribution in [0.25, 0.3) is 0 Å². The summed E-state index contributed by atoms with van der Waals surface area (Å²) >= 11 is 0. The normalized spacial score (nSPS) is 14.9. The zero-order chi connectivity index (χ0) is 33.7. The SMILES string of the molecule is CC.CC1=C(POCC(C)(C)CO)C(c2cccc([N+](=O)[O-])c2)C(C(=O)OCCN(Cc2ccccc2)c2ccccc2)=C(C)N1. The van der Waals surface area contributed by atoms with E-state index in [-0.39, 0.29) is 27.7 Å². The van der Waals surface area contributed by atoms with Gasteiger partial charge in [-0.3, -0.25) is 10.1 Å². The van der Waals surface area contributed by atoms with Gasteiger partial charge in [0.15, 0.2) is 0 Å². The van der Waals surface area contributed by atoms with Crippen LogP contribution in [-0.2, 0) is 20.6 Å². The third-order valence-electron chi connectivity index (χ3n) is 7.40. The number of non-ortho nitro benzene ring substituents is 1. The lowest BCUT2D eigenvalue weighted by Gasteiger charge is -2.32. The van der Waals surface area contributed by atoms with Gasteiger partial charge in [-0.2, -0.15) is 0 Å². The van der Waals surface area contributed by atoms with Gasteiger partial charge in [-0.15, -0.1) is 0 Å². The number of nitro groups is 1. The number of aliphatic hydroxyl groups is 1. The Hall–Kier alpha value is -4.04. The Morgan fingerprint density at radius 1 is 1.00 bits per heavy atom. The molecule has 1 aliphatic rings. The van der Waals surface area contributed by atoms with Crippen LogP contribution in [-0.4, -0.2) is 42.4 Å². The molecule has 0 saturated carbocycles. The average molecular weight is 648 g/mol. The number of ether oxygens (including phenoxy) is 1. The van der Waals surface area contributed by atoms with Crippen molar-refractivity contribution in [1.29, 1.82) is 0 Å². The minimum Gasteiger partial charge on any atom is -0.460 e. The second-order valence-corrected chi connectivity index (χ2v) is 12.6. The fourth-order valence-electron chi connectivity index (χ4n) is 4.97. The Labute approximate surface area is 274 Å². The van der Waals surface area contributed by atoms with E-state index < -0.39 is 22.2 Å². The zero-order valence-electron chi connectivity index (χ0n) is 27.6. The first-order valence-corrected chi connectivity index (χ1v) is 16.4. The van der Waals surface area contributed by atoms with Crippen LogP contribution in [0.15, 0.2) is 107 Å². The smallest absolute Gasteiger partial charge is 0.336 e. The van der Waals surface area contributed by atoms with Gasteiger partial charge in [0.2, 0.25) is 0 Å².